The molecule has 2 aliphatic carbocycles. The van der Waals surface area contributed by atoms with E-state index in [0.29, 0.717) is 17.9 Å². The highest BCUT2D eigenvalue weighted by Gasteiger charge is 2.51. The topological polar surface area (TPSA) is 83.4 Å². The lowest BCUT2D eigenvalue weighted by Crippen LogP contribution is -2.67. The second-order valence-corrected chi connectivity index (χ2v) is 10.6. The number of nitrogens with one attached hydrogen (secondary N) is 2. The van der Waals surface area contributed by atoms with Crippen molar-refractivity contribution in [3.8, 4) is 0 Å². The number of nitrogens with zero attached hydrogens (tertiary/aromatic N) is 2. The zero-order valence-electron chi connectivity index (χ0n) is 20.4. The average molecular weight is 465 g/mol. The lowest BCUT2D eigenvalue weighted by molar-refractivity contribution is -0.135. The van der Waals surface area contributed by atoms with Gasteiger partial charge in [0.2, 0.25) is 11.8 Å². The van der Waals surface area contributed by atoms with Crippen LogP contribution in [0.5, 0.6) is 0 Å². The molecular weight excluding hydrogens is 428 g/mol. The van der Waals surface area contributed by atoms with Crippen LogP contribution < -0.4 is 10.6 Å². The van der Waals surface area contributed by atoms with Crippen LogP contribution in [0, 0.1) is 0 Å². The first kappa shape index (κ1) is 22.9. The predicted molar refractivity (Wildman–Crippen MR) is 133 cm³/mol. The molecule has 1 aromatic carbocycles. The number of rotatable bonds is 4. The van der Waals surface area contributed by atoms with Crippen molar-refractivity contribution in [3.63, 3.8) is 0 Å². The molecule has 1 atom stereocenters. The fraction of sp³-hybridized carbons (Fsp3) is 0.593. The van der Waals surface area contributed by atoms with E-state index in [1.165, 1.54) is 19.8 Å². The lowest BCUT2D eigenvalue weighted by atomic mass is 9.86. The van der Waals surface area contributed by atoms with Crippen LogP contribution in [0.2, 0.25) is 0 Å². The molecule has 1 unspecified atom stereocenters. The van der Waals surface area contributed by atoms with Gasteiger partial charge in [-0.15, -0.1) is 0 Å². The van der Waals surface area contributed by atoms with Crippen molar-refractivity contribution >= 4 is 34.3 Å². The van der Waals surface area contributed by atoms with Gasteiger partial charge in [-0.25, -0.2) is 0 Å². The van der Waals surface area contributed by atoms with E-state index in [-0.39, 0.29) is 29.8 Å². The van der Waals surface area contributed by atoms with Gasteiger partial charge in [-0.1, -0.05) is 56.7 Å². The summed E-state index contributed by atoms with van der Waals surface area (Å²) in [7, 11) is 0. The second kappa shape index (κ2) is 9.08. The maximum absolute atomic E-state index is 14.3. The van der Waals surface area contributed by atoms with Gasteiger partial charge in [0.05, 0.1) is 17.7 Å². The summed E-state index contributed by atoms with van der Waals surface area (Å²) in [6.07, 6.45) is 10.6. The van der Waals surface area contributed by atoms with Crippen molar-refractivity contribution in [3.05, 3.63) is 30.0 Å². The van der Waals surface area contributed by atoms with E-state index in [1.54, 1.807) is 0 Å². The fourth-order valence-corrected chi connectivity index (χ4v) is 6.39. The Hall–Kier alpha value is -2.83. The standard InChI is InChI=1S/C27H36N4O3/c1-18(32)28-23-21-15-9-10-16-22(21)30-17-27(2,26(34)29-19-11-5-3-6-12-19)31(25(33)24(23)30)20-13-7-4-8-14-20/h9-10,15-16,19-20H,3-8,11-14,17H2,1-2H3,(H,28,32)(H,29,34). The smallest absolute Gasteiger partial charge is 0.273 e. The van der Waals surface area contributed by atoms with Crippen molar-refractivity contribution in [2.45, 2.75) is 102 Å². The number of aromatic nitrogens is 1. The van der Waals surface area contributed by atoms with E-state index in [4.69, 9.17) is 0 Å². The molecule has 1 aromatic heterocycles. The Morgan fingerprint density at radius 1 is 0.971 bits per heavy atom. The number of hydrogen-bond acceptors (Lipinski definition) is 3. The fourth-order valence-electron chi connectivity index (χ4n) is 6.39. The first-order chi connectivity index (χ1) is 16.4. The SMILES string of the molecule is CC(=O)Nc1c2n(c3ccccc13)CC(C)(C(=O)NC1CCCCC1)N(C1CCCCC1)C2=O. The van der Waals surface area contributed by atoms with E-state index in [9.17, 15) is 14.4 Å². The third kappa shape index (κ3) is 3.89. The number of amides is 3. The lowest BCUT2D eigenvalue weighted by Gasteiger charge is -2.49. The molecule has 2 saturated carbocycles. The largest absolute Gasteiger partial charge is 0.351 e. The van der Waals surface area contributed by atoms with Crippen molar-refractivity contribution < 1.29 is 14.4 Å². The first-order valence-corrected chi connectivity index (χ1v) is 12.9. The summed E-state index contributed by atoms with van der Waals surface area (Å²) in [5.74, 6) is -0.415. The summed E-state index contributed by atoms with van der Waals surface area (Å²) in [5, 5.41) is 7.08. The summed E-state index contributed by atoms with van der Waals surface area (Å²) in [4.78, 5) is 42.2. The highest BCUT2D eigenvalue weighted by atomic mass is 16.2. The normalized spacial score (nSPS) is 24.2. The number of para-hydroxylation sites is 1. The number of carbonyl (C=O) groups excluding carboxylic acids is 3. The van der Waals surface area contributed by atoms with E-state index < -0.39 is 5.54 Å². The third-order valence-corrected chi connectivity index (χ3v) is 8.06. The quantitative estimate of drug-likeness (QED) is 0.694. The van der Waals surface area contributed by atoms with Crippen LogP contribution in [0.4, 0.5) is 5.69 Å². The molecule has 2 heterocycles. The predicted octanol–water partition coefficient (Wildman–Crippen LogP) is 4.60. The molecule has 0 spiro atoms. The van der Waals surface area contributed by atoms with Crippen LogP contribution >= 0.6 is 0 Å². The number of hydrogen-bond donors (Lipinski definition) is 2. The summed E-state index contributed by atoms with van der Waals surface area (Å²) < 4.78 is 1.96. The van der Waals surface area contributed by atoms with Crippen molar-refractivity contribution in [1.82, 2.24) is 14.8 Å². The molecule has 7 nitrogen and oxygen atoms in total. The van der Waals surface area contributed by atoms with E-state index in [2.05, 4.69) is 10.6 Å². The van der Waals surface area contributed by atoms with Crippen LogP contribution in [0.1, 0.15) is 88.5 Å². The highest BCUT2D eigenvalue weighted by Crippen LogP contribution is 2.41. The van der Waals surface area contributed by atoms with Crippen LogP contribution in [-0.2, 0) is 16.1 Å². The van der Waals surface area contributed by atoms with Gasteiger partial charge in [0.15, 0.2) is 0 Å². The van der Waals surface area contributed by atoms with Gasteiger partial charge in [0.25, 0.3) is 5.91 Å². The molecular formula is C27H36N4O3. The summed E-state index contributed by atoms with van der Waals surface area (Å²) >= 11 is 0. The number of fused-ring (bicyclic) bond motifs is 3. The summed E-state index contributed by atoms with van der Waals surface area (Å²) in [6.45, 7) is 3.78. The molecule has 1 aliphatic heterocycles. The Morgan fingerprint density at radius 2 is 1.62 bits per heavy atom. The van der Waals surface area contributed by atoms with Crippen LogP contribution in [0.25, 0.3) is 10.9 Å². The van der Waals surface area contributed by atoms with Crippen LogP contribution in [-0.4, -0.2) is 44.8 Å². The molecule has 182 valence electrons. The average Bonchev–Trinajstić information content (AvgIpc) is 3.13. The van der Waals surface area contributed by atoms with Gasteiger partial charge < -0.3 is 20.1 Å². The molecule has 0 radical (unpaired) electrons. The maximum atomic E-state index is 14.3. The van der Waals surface area contributed by atoms with Gasteiger partial charge >= 0.3 is 0 Å². The molecule has 3 aliphatic rings. The molecule has 3 amide bonds. The monoisotopic (exact) mass is 464 g/mol. The Bertz CT molecular complexity index is 1110. The zero-order chi connectivity index (χ0) is 23.9. The van der Waals surface area contributed by atoms with Gasteiger partial charge in [-0.3, -0.25) is 14.4 Å². The highest BCUT2D eigenvalue weighted by molar-refractivity contribution is 6.14. The van der Waals surface area contributed by atoms with E-state index >= 15 is 0 Å². The van der Waals surface area contributed by atoms with Crippen LogP contribution in [0.15, 0.2) is 24.3 Å². The molecule has 2 aromatic rings. The Balaban J connectivity index is 1.61. The molecule has 2 N–H and O–H groups in total. The van der Waals surface area contributed by atoms with E-state index in [0.717, 1.165) is 62.3 Å². The maximum Gasteiger partial charge on any atom is 0.273 e. The van der Waals surface area contributed by atoms with E-state index in [1.807, 2.05) is 40.7 Å². The number of anilines is 1. The summed E-state index contributed by atoms with van der Waals surface area (Å²) in [5.41, 5.74) is 0.932. The molecule has 34 heavy (non-hydrogen) atoms. The van der Waals surface area contributed by atoms with Gasteiger partial charge in [0.1, 0.15) is 11.2 Å². The number of carbonyl (C=O) groups is 3. The van der Waals surface area contributed by atoms with Crippen molar-refractivity contribution in [2.75, 3.05) is 5.32 Å². The minimum atomic E-state index is -0.987. The molecule has 2 fully saturated rings. The van der Waals surface area contributed by atoms with Crippen LogP contribution in [0.3, 0.4) is 0 Å². The van der Waals surface area contributed by atoms with Crippen molar-refractivity contribution in [2.24, 2.45) is 0 Å². The van der Waals surface area contributed by atoms with Gasteiger partial charge in [-0.2, -0.15) is 0 Å². The number of benzene rings is 1. The molecule has 0 saturated heterocycles. The molecule has 5 rings (SSSR count). The minimum absolute atomic E-state index is 0.0281. The Kier molecular flexibility index (Phi) is 6.13. The van der Waals surface area contributed by atoms with Gasteiger partial charge in [0, 0.05) is 24.4 Å². The van der Waals surface area contributed by atoms with Gasteiger partial charge in [-0.05, 0) is 38.7 Å². The minimum Gasteiger partial charge on any atom is -0.351 e. The Morgan fingerprint density at radius 3 is 2.29 bits per heavy atom. The Labute approximate surface area is 201 Å². The van der Waals surface area contributed by atoms with Crippen molar-refractivity contribution in [1.29, 1.82) is 0 Å². The summed E-state index contributed by atoms with van der Waals surface area (Å²) in [6, 6.07) is 7.96. The molecule has 0 bridgehead atoms. The third-order valence-electron chi connectivity index (χ3n) is 8.06. The molecule has 7 heteroatoms. The zero-order valence-corrected chi connectivity index (χ0v) is 20.4. The second-order valence-electron chi connectivity index (χ2n) is 10.6. The first-order valence-electron chi connectivity index (χ1n) is 12.9.